The first kappa shape index (κ1) is 23.6. The van der Waals surface area contributed by atoms with Crippen molar-refractivity contribution in [3.63, 3.8) is 0 Å². The van der Waals surface area contributed by atoms with E-state index < -0.39 is 0 Å². The Hall–Kier alpha value is -3.77. The predicted molar refractivity (Wildman–Crippen MR) is 138 cm³/mol. The monoisotopic (exact) mass is 504 g/mol. The molecule has 1 saturated carbocycles. The minimum atomic E-state index is 0.173. The van der Waals surface area contributed by atoms with Crippen molar-refractivity contribution in [1.82, 2.24) is 39.7 Å². The Labute approximate surface area is 214 Å². The van der Waals surface area contributed by atoms with Crippen molar-refractivity contribution < 1.29 is 9.26 Å². The molecule has 1 saturated heterocycles. The number of aromatic nitrogens is 6. The first-order valence-electron chi connectivity index (χ1n) is 12.7. The van der Waals surface area contributed by atoms with Gasteiger partial charge in [-0.25, -0.2) is 4.98 Å². The van der Waals surface area contributed by atoms with E-state index in [0.29, 0.717) is 42.1 Å². The van der Waals surface area contributed by atoms with Gasteiger partial charge in [0.25, 0.3) is 0 Å². The van der Waals surface area contributed by atoms with Crippen LogP contribution in [0.2, 0.25) is 0 Å². The number of nitrogen functional groups attached to an aromatic ring is 1. The highest BCUT2D eigenvalue weighted by atomic mass is 16.5. The molecule has 2 aliphatic rings. The van der Waals surface area contributed by atoms with E-state index in [0.717, 1.165) is 62.4 Å². The molecule has 12 heteroatoms. The second kappa shape index (κ2) is 9.94. The molecule has 1 aliphatic heterocycles. The third-order valence-electron chi connectivity index (χ3n) is 7.00. The Bertz CT molecular complexity index is 1390. The molecule has 3 N–H and O–H groups in total. The molecule has 1 aliphatic carbocycles. The molecular weight excluding hydrogens is 472 g/mol. The normalized spacial score (nSPS) is 16.9. The van der Waals surface area contributed by atoms with Crippen LogP contribution in [0.4, 0.5) is 11.8 Å². The highest BCUT2D eigenvalue weighted by molar-refractivity contribution is 5.86. The van der Waals surface area contributed by atoms with Crippen LogP contribution in [0.25, 0.3) is 11.0 Å². The van der Waals surface area contributed by atoms with Gasteiger partial charge in [-0.2, -0.15) is 15.1 Å². The number of hydrogen-bond acceptors (Lipinski definition) is 11. The van der Waals surface area contributed by atoms with E-state index in [4.69, 9.17) is 15.0 Å². The van der Waals surface area contributed by atoms with Gasteiger partial charge >= 0.3 is 0 Å². The lowest BCUT2D eigenvalue weighted by Crippen LogP contribution is -2.43. The zero-order valence-electron chi connectivity index (χ0n) is 21.2. The minimum absolute atomic E-state index is 0.173. The summed E-state index contributed by atoms with van der Waals surface area (Å²) in [7, 11) is 3.88. The van der Waals surface area contributed by atoms with Crippen molar-refractivity contribution in [3.8, 4) is 5.75 Å². The largest absolute Gasteiger partial charge is 0.496 e. The van der Waals surface area contributed by atoms with Crippen LogP contribution >= 0.6 is 0 Å². The quantitative estimate of drug-likeness (QED) is 0.347. The van der Waals surface area contributed by atoms with Crippen LogP contribution in [-0.2, 0) is 19.6 Å². The second-order valence-electron chi connectivity index (χ2n) is 9.87. The average Bonchev–Trinajstić information content (AvgIpc) is 3.51. The first-order valence-corrected chi connectivity index (χ1v) is 12.7. The predicted octanol–water partition coefficient (Wildman–Crippen LogP) is 2.09. The number of hydrogen-bond donors (Lipinski definition) is 2. The Kier molecular flexibility index (Phi) is 6.35. The molecule has 2 fully saturated rings. The van der Waals surface area contributed by atoms with Crippen LogP contribution in [0, 0.1) is 0 Å². The summed E-state index contributed by atoms with van der Waals surface area (Å²) >= 11 is 0. The molecule has 0 radical (unpaired) electrons. The number of rotatable bonds is 9. The maximum atomic E-state index is 5.98. The molecule has 12 nitrogen and oxygen atoms in total. The fraction of sp³-hybridized carbons (Fsp3) is 0.480. The van der Waals surface area contributed by atoms with Gasteiger partial charge in [-0.15, -0.1) is 0 Å². The summed E-state index contributed by atoms with van der Waals surface area (Å²) in [5, 5.41) is 12.0. The van der Waals surface area contributed by atoms with Gasteiger partial charge in [0, 0.05) is 44.2 Å². The number of piperazine rings is 1. The number of nitrogens with zero attached hydrogens (tertiary/aromatic N) is 8. The van der Waals surface area contributed by atoms with Crippen molar-refractivity contribution in [1.29, 1.82) is 0 Å². The lowest BCUT2D eigenvalue weighted by Gasteiger charge is -2.32. The molecule has 0 spiro atoms. The first-order chi connectivity index (χ1) is 18.1. The molecule has 4 aromatic rings. The van der Waals surface area contributed by atoms with E-state index in [1.54, 1.807) is 13.3 Å². The average molecular weight is 505 g/mol. The number of fused-ring (bicyclic) bond motifs is 1. The third kappa shape index (κ3) is 5.20. The summed E-state index contributed by atoms with van der Waals surface area (Å²) in [6.07, 6.45) is 3.92. The summed E-state index contributed by atoms with van der Waals surface area (Å²) in [4.78, 5) is 18.1. The van der Waals surface area contributed by atoms with Crippen LogP contribution in [0.1, 0.15) is 41.6 Å². The van der Waals surface area contributed by atoms with Gasteiger partial charge in [0.1, 0.15) is 16.8 Å². The van der Waals surface area contributed by atoms with Crippen molar-refractivity contribution in [2.75, 3.05) is 51.4 Å². The van der Waals surface area contributed by atoms with Gasteiger partial charge < -0.3 is 25.2 Å². The van der Waals surface area contributed by atoms with Gasteiger partial charge in [0.2, 0.25) is 11.8 Å². The SMILES string of the molecule is COc1cc(CN2CCN(C)CC2)ccc1Cn1ncc2nc(N)nc(NCc3noc(C4CC4)n3)c21. The lowest BCUT2D eigenvalue weighted by molar-refractivity contribution is 0.148. The summed E-state index contributed by atoms with van der Waals surface area (Å²) in [6, 6.07) is 6.41. The van der Waals surface area contributed by atoms with Crippen LogP contribution in [0.3, 0.4) is 0 Å². The number of methoxy groups -OCH3 is 1. The molecule has 0 bridgehead atoms. The molecule has 4 heterocycles. The van der Waals surface area contributed by atoms with Gasteiger partial charge in [0.15, 0.2) is 11.6 Å². The van der Waals surface area contributed by atoms with Crippen molar-refractivity contribution in [3.05, 3.63) is 47.2 Å². The number of nitrogens with two attached hydrogens (primary N) is 1. The van der Waals surface area contributed by atoms with Crippen molar-refractivity contribution in [2.24, 2.45) is 0 Å². The molecule has 194 valence electrons. The number of anilines is 2. The van der Waals surface area contributed by atoms with E-state index in [-0.39, 0.29) is 5.95 Å². The summed E-state index contributed by atoms with van der Waals surface area (Å²) in [5.41, 5.74) is 9.65. The Morgan fingerprint density at radius 1 is 1.11 bits per heavy atom. The summed E-state index contributed by atoms with van der Waals surface area (Å²) in [5.74, 6) is 3.27. The fourth-order valence-corrected chi connectivity index (χ4v) is 4.70. The van der Waals surface area contributed by atoms with E-state index in [1.807, 2.05) is 4.68 Å². The number of nitrogens with one attached hydrogen (secondary N) is 1. The highest BCUT2D eigenvalue weighted by Gasteiger charge is 2.29. The molecule has 0 amide bonds. The van der Waals surface area contributed by atoms with E-state index >= 15 is 0 Å². The zero-order chi connectivity index (χ0) is 25.4. The highest BCUT2D eigenvalue weighted by Crippen LogP contribution is 2.38. The molecule has 37 heavy (non-hydrogen) atoms. The Morgan fingerprint density at radius 3 is 2.73 bits per heavy atom. The smallest absolute Gasteiger partial charge is 0.229 e. The van der Waals surface area contributed by atoms with Gasteiger partial charge in [0.05, 0.1) is 26.4 Å². The van der Waals surface area contributed by atoms with Crippen LogP contribution < -0.4 is 15.8 Å². The van der Waals surface area contributed by atoms with E-state index in [2.05, 4.69) is 65.6 Å². The number of likely N-dealkylation sites (N-methyl/N-ethyl adjacent to an activating group) is 1. The lowest BCUT2D eigenvalue weighted by atomic mass is 10.1. The Morgan fingerprint density at radius 2 is 1.95 bits per heavy atom. The van der Waals surface area contributed by atoms with Crippen LogP contribution in [-0.4, -0.2) is 80.0 Å². The molecule has 6 rings (SSSR count). The second-order valence-corrected chi connectivity index (χ2v) is 9.87. The fourth-order valence-electron chi connectivity index (χ4n) is 4.70. The van der Waals surface area contributed by atoms with Crippen LogP contribution in [0.5, 0.6) is 5.75 Å². The van der Waals surface area contributed by atoms with Gasteiger partial charge in [-0.1, -0.05) is 17.3 Å². The molecule has 0 unspecified atom stereocenters. The number of ether oxygens (including phenoxy) is 1. The molecule has 1 aromatic carbocycles. The maximum absolute atomic E-state index is 5.98. The topological polar surface area (TPSA) is 136 Å². The number of benzene rings is 1. The van der Waals surface area contributed by atoms with E-state index in [1.165, 1.54) is 5.56 Å². The van der Waals surface area contributed by atoms with Crippen LogP contribution in [0.15, 0.2) is 28.9 Å². The third-order valence-corrected chi connectivity index (χ3v) is 7.00. The Balaban J connectivity index is 1.21. The van der Waals surface area contributed by atoms with E-state index in [9.17, 15) is 0 Å². The summed E-state index contributed by atoms with van der Waals surface area (Å²) in [6.45, 7) is 6.11. The molecule has 0 atom stereocenters. The standard InChI is InChI=1S/C25H32N10O2/c1-33-7-9-34(10-8-33)14-16-3-4-18(20(11-16)36-2)15-35-22-19(12-28-35)29-25(26)31-23(22)27-13-21-30-24(37-32-21)17-5-6-17/h3-4,11-12,17H,5-10,13-15H2,1-2H3,(H3,26,27,29,31). The molecular formula is C25H32N10O2. The van der Waals surface area contributed by atoms with Gasteiger partial charge in [-0.3, -0.25) is 9.58 Å². The van der Waals surface area contributed by atoms with Gasteiger partial charge in [-0.05, 0) is 31.5 Å². The summed E-state index contributed by atoms with van der Waals surface area (Å²) < 4.78 is 13.0. The maximum Gasteiger partial charge on any atom is 0.229 e. The van der Waals surface area contributed by atoms with Crippen molar-refractivity contribution in [2.45, 2.75) is 38.4 Å². The molecule has 3 aromatic heterocycles. The zero-order valence-corrected chi connectivity index (χ0v) is 21.2. The minimum Gasteiger partial charge on any atom is -0.496 e. The van der Waals surface area contributed by atoms with Crippen molar-refractivity contribution >= 4 is 22.8 Å².